The van der Waals surface area contributed by atoms with Gasteiger partial charge in [-0.05, 0) is 80.8 Å². The highest BCUT2D eigenvalue weighted by Gasteiger charge is 2.45. The molecule has 0 fully saturated rings. The van der Waals surface area contributed by atoms with E-state index < -0.39 is 13.1 Å². The van der Waals surface area contributed by atoms with Crippen LogP contribution in [0.15, 0.2) is 231 Å². The van der Waals surface area contributed by atoms with Crippen molar-refractivity contribution in [3.05, 3.63) is 264 Å². The third kappa shape index (κ3) is 16.4. The van der Waals surface area contributed by atoms with E-state index in [2.05, 4.69) is 162 Å². The number of carbonyl (C=O) groups excluding carboxylic acids is 2. The van der Waals surface area contributed by atoms with Crippen molar-refractivity contribution in [2.75, 3.05) is 23.7 Å². The third-order valence-corrected chi connectivity index (χ3v) is 10.6. The minimum absolute atomic E-state index is 0.150. The van der Waals surface area contributed by atoms with Crippen LogP contribution < -0.4 is 15.2 Å². The van der Waals surface area contributed by atoms with Gasteiger partial charge in [-0.2, -0.15) is 4.57 Å². The monoisotopic (exact) mass is 899 g/mol. The first-order chi connectivity index (χ1) is 32.5. The zero-order valence-electron chi connectivity index (χ0n) is 38.6. The zero-order chi connectivity index (χ0) is 48.3. The topological polar surface area (TPSA) is 80.2 Å². The first kappa shape index (κ1) is 52.0. The molecule has 0 saturated heterocycles. The summed E-state index contributed by atoms with van der Waals surface area (Å²) in [5.41, 5.74) is 14.1. The van der Waals surface area contributed by atoms with E-state index in [1.54, 1.807) is 26.2 Å². The fraction of sp³-hybridized carbons (Fsp3) is 0.158. The Morgan fingerprint density at radius 3 is 1.33 bits per heavy atom. The molecule has 0 amide bonds. The lowest BCUT2D eigenvalue weighted by atomic mass is 9.76. The molecule has 0 spiro atoms. The highest BCUT2D eigenvalue weighted by atomic mass is 19.4. The number of nitrogens with zero attached hydrogens (tertiary/aromatic N) is 3. The number of rotatable bonds is 12. The van der Waals surface area contributed by atoms with Crippen LogP contribution in [0.3, 0.4) is 0 Å². The van der Waals surface area contributed by atoms with Gasteiger partial charge >= 0.3 is 7.54 Å². The summed E-state index contributed by atoms with van der Waals surface area (Å²) in [6.45, 7) is 9.62. The van der Waals surface area contributed by atoms with Crippen LogP contribution in [0.1, 0.15) is 67.0 Å². The molecule has 0 radical (unpaired) electrons. The molecule has 0 aliphatic heterocycles. The maximum absolute atomic E-state index is 11.7. The lowest BCUT2D eigenvalue weighted by Gasteiger charge is -2.30. The van der Waals surface area contributed by atoms with Gasteiger partial charge in [0.1, 0.15) is 11.6 Å². The summed E-state index contributed by atoms with van der Waals surface area (Å²) < 4.78 is 31.3. The molecule has 0 aliphatic rings. The Labute approximate surface area is 394 Å². The molecular weight excluding hydrogens is 840 g/mol. The van der Waals surface area contributed by atoms with Crippen LogP contribution in [0.2, 0.25) is 0 Å². The van der Waals surface area contributed by atoms with Crippen molar-refractivity contribution in [2.24, 2.45) is 0 Å². The van der Waals surface area contributed by atoms with E-state index in [0.717, 1.165) is 35.5 Å². The largest absolute Gasteiger partial charge is 0.762 e. The van der Waals surface area contributed by atoms with Crippen molar-refractivity contribution < 1.29 is 27.1 Å². The maximum Gasteiger partial charge on any atom is 0.762 e. The average molecular weight is 900 g/mol. The Bertz CT molecular complexity index is 2350. The number of carbonyl (C=O) groups is 2. The zero-order valence-corrected chi connectivity index (χ0v) is 38.6. The molecule has 2 aromatic heterocycles. The molecule has 67 heavy (non-hydrogen) atoms. The minimum atomic E-state index is -3.67. The van der Waals surface area contributed by atoms with E-state index >= 15 is 0 Å². The standard InChI is InChI=1S/C24H20N.C14H13NO.C10H16N2.C9H10O.BF3/c1-5-13-21(14-6-1)24(22-15-7-2-8-16-22,23-17-9-3-10-18-23)25-19-11-4-12-20-25;1-11(16)14(12-5-3-2-4-6-12)13-7-9-15-10-8-13;1-3-12(4-2)10-7-5-9(11)6-8-10;1-8(10)7-9-5-3-2-4-6-9;2-1(3)4/h1-20H;2-10,14H,1H3;5-8H,3-4,11H2,1-2H3;2-6H,7H2,1H3;/q+1;;;;. The number of nitrogens with two attached hydrogens (primary N) is 1. The first-order valence-electron chi connectivity index (χ1n) is 22.2. The highest BCUT2D eigenvalue weighted by Crippen LogP contribution is 2.36. The molecule has 1 unspecified atom stereocenters. The van der Waals surface area contributed by atoms with Crippen LogP contribution in [-0.2, 0) is 21.5 Å². The molecule has 6 aromatic carbocycles. The van der Waals surface area contributed by atoms with Crippen molar-refractivity contribution >= 4 is 30.5 Å². The highest BCUT2D eigenvalue weighted by molar-refractivity contribution is 6.33. The molecular formula is C57H59BF3N4O2+. The summed E-state index contributed by atoms with van der Waals surface area (Å²) in [7, 11) is -3.67. The summed E-state index contributed by atoms with van der Waals surface area (Å²) >= 11 is 0. The number of hydrogen-bond donors (Lipinski definition) is 1. The van der Waals surface area contributed by atoms with E-state index in [1.165, 1.54) is 22.4 Å². The average Bonchev–Trinajstić information content (AvgIpc) is 3.35. The van der Waals surface area contributed by atoms with Crippen molar-refractivity contribution in [2.45, 2.75) is 45.6 Å². The van der Waals surface area contributed by atoms with Gasteiger partial charge in [0, 0.05) is 72.1 Å². The number of pyridine rings is 2. The van der Waals surface area contributed by atoms with E-state index in [4.69, 9.17) is 5.73 Å². The van der Waals surface area contributed by atoms with Gasteiger partial charge in [0.15, 0.2) is 12.4 Å². The number of hydrogen-bond acceptors (Lipinski definition) is 5. The van der Waals surface area contributed by atoms with Gasteiger partial charge in [-0.25, -0.2) is 0 Å². The smallest absolute Gasteiger partial charge is 0.399 e. The van der Waals surface area contributed by atoms with Crippen LogP contribution in [0.5, 0.6) is 0 Å². The number of ketones is 2. The molecule has 8 aromatic rings. The molecule has 10 heteroatoms. The summed E-state index contributed by atoms with van der Waals surface area (Å²) in [5.74, 6) is 0.188. The molecule has 6 nitrogen and oxygen atoms in total. The Morgan fingerprint density at radius 1 is 0.567 bits per heavy atom. The van der Waals surface area contributed by atoms with Crippen molar-refractivity contribution in [1.29, 1.82) is 0 Å². The Hall–Kier alpha value is -7.59. The van der Waals surface area contributed by atoms with E-state index in [-0.39, 0.29) is 17.5 Å². The molecule has 0 bridgehead atoms. The summed E-state index contributed by atoms with van der Waals surface area (Å²) in [6, 6.07) is 69.7. The second-order valence-corrected chi connectivity index (χ2v) is 15.2. The molecule has 2 N–H and O–H groups in total. The van der Waals surface area contributed by atoms with Crippen LogP contribution in [0, 0.1) is 0 Å². The van der Waals surface area contributed by atoms with Gasteiger partial charge in [-0.1, -0.05) is 158 Å². The number of halogens is 3. The molecule has 0 saturated carbocycles. The van der Waals surface area contributed by atoms with E-state index in [1.807, 2.05) is 84.9 Å². The molecule has 0 aliphatic carbocycles. The second-order valence-electron chi connectivity index (χ2n) is 15.2. The number of Topliss-reactive ketones (excluding diaryl/α,β-unsaturated/α-hetero) is 2. The van der Waals surface area contributed by atoms with Crippen LogP contribution >= 0.6 is 0 Å². The van der Waals surface area contributed by atoms with Crippen molar-refractivity contribution in [3.8, 4) is 0 Å². The first-order valence-corrected chi connectivity index (χ1v) is 22.2. The lowest BCUT2D eigenvalue weighted by molar-refractivity contribution is -0.734. The number of anilines is 2. The van der Waals surface area contributed by atoms with Gasteiger partial charge in [0.2, 0.25) is 5.54 Å². The maximum atomic E-state index is 11.7. The van der Waals surface area contributed by atoms with E-state index in [9.17, 15) is 22.5 Å². The van der Waals surface area contributed by atoms with Crippen molar-refractivity contribution in [1.82, 2.24) is 4.98 Å². The quantitative estimate of drug-likeness (QED) is 0.0572. The van der Waals surface area contributed by atoms with Crippen LogP contribution in [0.4, 0.5) is 24.3 Å². The van der Waals surface area contributed by atoms with Crippen molar-refractivity contribution in [3.63, 3.8) is 0 Å². The lowest BCUT2D eigenvalue weighted by Crippen LogP contribution is -2.58. The Morgan fingerprint density at radius 2 is 0.940 bits per heavy atom. The van der Waals surface area contributed by atoms with Crippen LogP contribution in [-0.4, -0.2) is 37.2 Å². The Kier molecular flexibility index (Phi) is 22.0. The van der Waals surface area contributed by atoms with Gasteiger partial charge < -0.3 is 10.6 Å². The number of benzene rings is 6. The van der Waals surface area contributed by atoms with Gasteiger partial charge in [0.05, 0.1) is 5.92 Å². The normalized spacial score (nSPS) is 10.6. The predicted molar refractivity (Wildman–Crippen MR) is 269 cm³/mol. The molecule has 342 valence electrons. The van der Waals surface area contributed by atoms with Crippen LogP contribution in [0.25, 0.3) is 0 Å². The summed E-state index contributed by atoms with van der Waals surface area (Å²) in [6.07, 6.45) is 8.28. The number of aromatic nitrogens is 2. The molecule has 8 rings (SSSR count). The third-order valence-electron chi connectivity index (χ3n) is 10.6. The fourth-order valence-corrected chi connectivity index (χ4v) is 7.63. The minimum Gasteiger partial charge on any atom is -0.399 e. The molecule has 1 atom stereocenters. The fourth-order valence-electron chi connectivity index (χ4n) is 7.63. The van der Waals surface area contributed by atoms with Gasteiger partial charge in [0.25, 0.3) is 0 Å². The van der Waals surface area contributed by atoms with Gasteiger partial charge in [-0.3, -0.25) is 27.5 Å². The number of nitrogen functional groups attached to an aromatic ring is 1. The predicted octanol–water partition coefficient (Wildman–Crippen LogP) is 12.4. The SMILES string of the molecule is CC(=O)C(c1ccccc1)c1ccncc1.CC(=O)Cc1ccccc1.CCN(CC)c1ccc(N)cc1.FB(F)F.c1ccc(C(c2ccccc2)(c2ccccc2)[n+]2ccccc2)cc1. The molecule has 2 heterocycles. The van der Waals surface area contributed by atoms with E-state index in [0.29, 0.717) is 6.42 Å². The second kappa shape index (κ2) is 28.4. The summed E-state index contributed by atoms with van der Waals surface area (Å²) in [4.78, 5) is 28.6. The Balaban J connectivity index is 0.000000202. The summed E-state index contributed by atoms with van der Waals surface area (Å²) in [5, 5.41) is 0. The van der Waals surface area contributed by atoms with Gasteiger partial charge in [-0.15, -0.1) is 0 Å².